The summed E-state index contributed by atoms with van der Waals surface area (Å²) in [7, 11) is 0. The number of aryl methyl sites for hydroxylation is 2. The molecule has 0 aromatic carbocycles. The number of nitrogens with zero attached hydrogens (tertiary/aromatic N) is 1. The molecule has 0 saturated heterocycles. The number of hydrogen-bond acceptors (Lipinski definition) is 4. The third-order valence-electron chi connectivity index (χ3n) is 3.59. The van der Waals surface area contributed by atoms with Crippen molar-refractivity contribution < 1.29 is 14.3 Å². The average molecular weight is 304 g/mol. The normalized spacial score (nSPS) is 13.7. The van der Waals surface area contributed by atoms with Crippen molar-refractivity contribution >= 4 is 11.9 Å². The van der Waals surface area contributed by atoms with E-state index in [-0.39, 0.29) is 17.8 Å². The first-order valence-corrected chi connectivity index (χ1v) is 8.01. The highest BCUT2D eigenvalue weighted by Gasteiger charge is 2.28. The molecule has 120 valence electrons. The van der Waals surface area contributed by atoms with E-state index >= 15 is 0 Å². The fraction of sp³-hybridized carbons (Fsp3) is 0.588. The molecule has 5 nitrogen and oxygen atoms in total. The molecule has 1 N–H and O–H groups in total. The Kier molecular flexibility index (Phi) is 6.37. The van der Waals surface area contributed by atoms with E-state index in [4.69, 9.17) is 4.74 Å². The number of aromatic nitrogens is 1. The van der Waals surface area contributed by atoms with Gasteiger partial charge in [0, 0.05) is 30.3 Å². The van der Waals surface area contributed by atoms with Crippen LogP contribution in [-0.4, -0.2) is 30.0 Å². The zero-order valence-corrected chi connectivity index (χ0v) is 13.1. The molecule has 0 unspecified atom stereocenters. The number of ether oxygens (including phenoxy) is 1. The molecule has 1 amide bonds. The summed E-state index contributed by atoms with van der Waals surface area (Å²) >= 11 is 0. The van der Waals surface area contributed by atoms with Crippen LogP contribution in [0.3, 0.4) is 0 Å². The van der Waals surface area contributed by atoms with Crippen LogP contribution in [0, 0.1) is 12.8 Å². The molecular formula is C17H24N2O3. The number of esters is 1. The number of hydrogen-bond donors (Lipinski definition) is 1. The topological polar surface area (TPSA) is 68.3 Å². The lowest BCUT2D eigenvalue weighted by Gasteiger charge is -2.06. The zero-order chi connectivity index (χ0) is 15.8. The van der Waals surface area contributed by atoms with E-state index in [1.54, 1.807) is 0 Å². The van der Waals surface area contributed by atoms with Gasteiger partial charge in [0.15, 0.2) is 0 Å². The number of nitrogens with one attached hydrogen (secondary N) is 1. The summed E-state index contributed by atoms with van der Waals surface area (Å²) in [5, 5.41) is 2.84. The molecule has 2 rings (SSSR count). The lowest BCUT2D eigenvalue weighted by Crippen LogP contribution is -2.26. The second kappa shape index (κ2) is 8.51. The molecule has 1 aliphatic rings. The van der Waals surface area contributed by atoms with Gasteiger partial charge in [-0.3, -0.25) is 14.6 Å². The molecule has 22 heavy (non-hydrogen) atoms. The van der Waals surface area contributed by atoms with Gasteiger partial charge in [0.05, 0.1) is 6.61 Å². The molecule has 1 aromatic rings. The maximum atomic E-state index is 11.5. The Hall–Kier alpha value is -1.91. The summed E-state index contributed by atoms with van der Waals surface area (Å²) < 4.78 is 5.18. The van der Waals surface area contributed by atoms with Crippen LogP contribution >= 0.6 is 0 Å². The molecule has 0 spiro atoms. The molecule has 1 heterocycles. The van der Waals surface area contributed by atoms with E-state index < -0.39 is 0 Å². The Bertz CT molecular complexity index is 512. The van der Waals surface area contributed by atoms with Crippen LogP contribution in [-0.2, 0) is 20.7 Å². The summed E-state index contributed by atoms with van der Waals surface area (Å²) in [4.78, 5) is 27.3. The maximum Gasteiger partial charge on any atom is 0.305 e. The van der Waals surface area contributed by atoms with E-state index in [2.05, 4.69) is 10.3 Å². The van der Waals surface area contributed by atoms with Gasteiger partial charge in [-0.15, -0.1) is 0 Å². The predicted molar refractivity (Wildman–Crippen MR) is 83.2 cm³/mol. The van der Waals surface area contributed by atoms with Crippen LogP contribution in [0.15, 0.2) is 18.2 Å². The molecule has 0 atom stereocenters. The standard InChI is InChI=1S/C17H24N2O3/c1-13-5-2-6-15(19-13)7-4-12-22-16(20)8-3-11-18-17(21)14-9-10-14/h2,5-6,14H,3-4,7-12H2,1H3,(H,18,21). The second-order valence-electron chi connectivity index (χ2n) is 5.76. The van der Waals surface area contributed by atoms with Gasteiger partial charge >= 0.3 is 5.97 Å². The molecule has 1 aromatic heterocycles. The highest BCUT2D eigenvalue weighted by atomic mass is 16.5. The lowest BCUT2D eigenvalue weighted by atomic mass is 10.2. The first-order valence-electron chi connectivity index (χ1n) is 8.01. The van der Waals surface area contributed by atoms with E-state index in [1.165, 1.54) is 0 Å². The second-order valence-corrected chi connectivity index (χ2v) is 5.76. The number of carbonyl (C=O) groups is 2. The molecule has 5 heteroatoms. The van der Waals surface area contributed by atoms with E-state index in [0.717, 1.165) is 37.1 Å². The summed E-state index contributed by atoms with van der Waals surface area (Å²) in [6.45, 7) is 2.94. The Labute approximate surface area is 131 Å². The van der Waals surface area contributed by atoms with Crippen molar-refractivity contribution in [2.75, 3.05) is 13.2 Å². The van der Waals surface area contributed by atoms with Gasteiger partial charge in [-0.2, -0.15) is 0 Å². The Balaban J connectivity index is 1.47. The fourth-order valence-corrected chi connectivity index (χ4v) is 2.18. The highest BCUT2D eigenvalue weighted by molar-refractivity contribution is 5.80. The van der Waals surface area contributed by atoms with Crippen LogP contribution in [0.4, 0.5) is 0 Å². The van der Waals surface area contributed by atoms with Crippen LogP contribution in [0.5, 0.6) is 0 Å². The van der Waals surface area contributed by atoms with Crippen molar-refractivity contribution in [3.63, 3.8) is 0 Å². The Morgan fingerprint density at radius 3 is 2.86 bits per heavy atom. The van der Waals surface area contributed by atoms with Gasteiger partial charge in [-0.1, -0.05) is 6.07 Å². The number of pyridine rings is 1. The minimum atomic E-state index is -0.196. The van der Waals surface area contributed by atoms with E-state index in [0.29, 0.717) is 26.0 Å². The highest BCUT2D eigenvalue weighted by Crippen LogP contribution is 2.28. The minimum Gasteiger partial charge on any atom is -0.466 e. The monoisotopic (exact) mass is 304 g/mol. The first-order chi connectivity index (χ1) is 10.6. The van der Waals surface area contributed by atoms with E-state index in [1.807, 2.05) is 25.1 Å². The smallest absolute Gasteiger partial charge is 0.305 e. The molecule has 0 bridgehead atoms. The van der Waals surface area contributed by atoms with Crippen molar-refractivity contribution in [3.05, 3.63) is 29.6 Å². The van der Waals surface area contributed by atoms with Crippen molar-refractivity contribution in [3.8, 4) is 0 Å². The van der Waals surface area contributed by atoms with Crippen molar-refractivity contribution in [1.29, 1.82) is 0 Å². The first kappa shape index (κ1) is 16.5. The quantitative estimate of drug-likeness (QED) is 0.561. The summed E-state index contributed by atoms with van der Waals surface area (Å²) in [5.41, 5.74) is 2.03. The van der Waals surface area contributed by atoms with Crippen LogP contribution in [0.25, 0.3) is 0 Å². The molecule has 1 saturated carbocycles. The molecule has 0 aliphatic heterocycles. The van der Waals surface area contributed by atoms with Crippen molar-refractivity contribution in [1.82, 2.24) is 10.3 Å². The predicted octanol–water partition coefficient (Wildman–Crippen LogP) is 2.17. The molecule has 1 fully saturated rings. The molecular weight excluding hydrogens is 280 g/mol. The van der Waals surface area contributed by atoms with Crippen LogP contribution in [0.1, 0.15) is 43.5 Å². The third-order valence-corrected chi connectivity index (χ3v) is 3.59. The van der Waals surface area contributed by atoms with Crippen molar-refractivity contribution in [2.45, 2.75) is 45.4 Å². The fourth-order valence-electron chi connectivity index (χ4n) is 2.18. The minimum absolute atomic E-state index is 0.124. The van der Waals surface area contributed by atoms with Gasteiger partial charge in [0.25, 0.3) is 0 Å². The lowest BCUT2D eigenvalue weighted by molar-refractivity contribution is -0.144. The largest absolute Gasteiger partial charge is 0.466 e. The van der Waals surface area contributed by atoms with E-state index in [9.17, 15) is 9.59 Å². The van der Waals surface area contributed by atoms with Gasteiger partial charge in [0.1, 0.15) is 0 Å². The number of rotatable bonds is 9. The van der Waals surface area contributed by atoms with Crippen LogP contribution < -0.4 is 5.32 Å². The van der Waals surface area contributed by atoms with Gasteiger partial charge in [0.2, 0.25) is 5.91 Å². The summed E-state index contributed by atoms with van der Waals surface area (Å²) in [6, 6.07) is 5.93. The number of amides is 1. The van der Waals surface area contributed by atoms with Crippen LogP contribution in [0.2, 0.25) is 0 Å². The number of carbonyl (C=O) groups excluding carboxylic acids is 2. The Morgan fingerprint density at radius 1 is 1.32 bits per heavy atom. The SMILES string of the molecule is Cc1cccc(CCCOC(=O)CCCNC(=O)C2CC2)n1. The third kappa shape index (κ3) is 6.24. The molecule has 1 aliphatic carbocycles. The van der Waals surface area contributed by atoms with Gasteiger partial charge in [-0.05, 0) is 51.2 Å². The molecule has 0 radical (unpaired) electrons. The summed E-state index contributed by atoms with van der Waals surface area (Å²) in [6.07, 6.45) is 4.59. The Morgan fingerprint density at radius 2 is 2.14 bits per heavy atom. The average Bonchev–Trinajstić information content (AvgIpc) is 3.33. The maximum absolute atomic E-state index is 11.5. The zero-order valence-electron chi connectivity index (χ0n) is 13.1. The van der Waals surface area contributed by atoms with Crippen molar-refractivity contribution in [2.24, 2.45) is 5.92 Å². The summed E-state index contributed by atoms with van der Waals surface area (Å²) in [5.74, 6) is 0.152. The van der Waals surface area contributed by atoms with Gasteiger partial charge < -0.3 is 10.1 Å². The van der Waals surface area contributed by atoms with Gasteiger partial charge in [-0.25, -0.2) is 0 Å².